The van der Waals surface area contributed by atoms with E-state index in [2.05, 4.69) is 0 Å². The second-order valence-electron chi connectivity index (χ2n) is 8.44. The Morgan fingerprint density at radius 1 is 1.07 bits per heavy atom. The molecule has 1 aromatic rings. The van der Waals surface area contributed by atoms with Crippen LogP contribution in [0.5, 0.6) is 5.75 Å². The first-order chi connectivity index (χ1) is 14.2. The van der Waals surface area contributed by atoms with E-state index in [1.807, 2.05) is 0 Å². The predicted molar refractivity (Wildman–Crippen MR) is 105 cm³/mol. The van der Waals surface area contributed by atoms with Crippen LogP contribution < -0.4 is 14.5 Å². The van der Waals surface area contributed by atoms with Crippen molar-refractivity contribution >= 4 is 34.9 Å². The van der Waals surface area contributed by atoms with Gasteiger partial charge in [-0.3, -0.25) is 24.1 Å². The first-order valence-electron chi connectivity index (χ1n) is 10.2. The number of anilines is 2. The minimum atomic E-state index is -1.05. The molecule has 30 heavy (non-hydrogen) atoms. The number of ketones is 1. The molecule has 1 aromatic carbocycles. The molecule has 2 heterocycles. The van der Waals surface area contributed by atoms with Gasteiger partial charge in [-0.1, -0.05) is 0 Å². The fourth-order valence-corrected chi connectivity index (χ4v) is 4.51. The van der Waals surface area contributed by atoms with Crippen molar-refractivity contribution in [1.29, 1.82) is 0 Å². The van der Waals surface area contributed by atoms with Crippen LogP contribution in [0.1, 0.15) is 52.4 Å². The number of benzene rings is 1. The monoisotopic (exact) mass is 412 g/mol. The first-order valence-corrected chi connectivity index (χ1v) is 10.2. The molecule has 4 aliphatic rings. The summed E-state index contributed by atoms with van der Waals surface area (Å²) in [4.78, 5) is 53.1. The number of hydrogen-bond donors (Lipinski definition) is 0. The van der Waals surface area contributed by atoms with Crippen LogP contribution in [0.2, 0.25) is 0 Å². The number of Topliss-reactive ketones (excluding diaryl/α,β-unsaturated/α-hetero) is 1. The zero-order valence-electron chi connectivity index (χ0n) is 16.8. The summed E-state index contributed by atoms with van der Waals surface area (Å²) in [6.45, 7) is 2.98. The van der Waals surface area contributed by atoms with Crippen LogP contribution in [0.3, 0.4) is 0 Å². The molecule has 1 fully saturated rings. The Morgan fingerprint density at radius 3 is 2.20 bits per heavy atom. The zero-order valence-corrected chi connectivity index (χ0v) is 16.8. The standard InChI is InChI=1S/C22H21FN2O5/c1-11(12(2)26)24-17-10-16(15(23)9-18(17)30-22(7-8-22)21(24)29)25-19(27)13-5-3-4-6-14(13)20(25)28/h9-11H,3-8H2,1-2H3. The highest BCUT2D eigenvalue weighted by molar-refractivity contribution is 6.33. The van der Waals surface area contributed by atoms with Crippen molar-refractivity contribution in [3.8, 4) is 5.75 Å². The number of ether oxygens (including phenoxy) is 1. The van der Waals surface area contributed by atoms with Crippen molar-refractivity contribution in [2.45, 2.75) is 64.0 Å². The highest BCUT2D eigenvalue weighted by Crippen LogP contribution is 2.51. The maximum Gasteiger partial charge on any atom is 0.271 e. The fourth-order valence-electron chi connectivity index (χ4n) is 4.51. The van der Waals surface area contributed by atoms with Crippen LogP contribution in [-0.4, -0.2) is 35.1 Å². The Balaban J connectivity index is 1.62. The molecule has 3 amide bonds. The molecule has 0 radical (unpaired) electrons. The zero-order chi connectivity index (χ0) is 21.4. The van der Waals surface area contributed by atoms with Crippen molar-refractivity contribution in [1.82, 2.24) is 0 Å². The van der Waals surface area contributed by atoms with E-state index < -0.39 is 29.3 Å². The third kappa shape index (κ3) is 2.49. The number of carbonyl (C=O) groups excluding carboxylic acids is 4. The Hall–Kier alpha value is -3.03. The molecule has 0 aromatic heterocycles. The predicted octanol–water partition coefficient (Wildman–Crippen LogP) is 2.81. The number of imide groups is 1. The summed E-state index contributed by atoms with van der Waals surface area (Å²) in [6.07, 6.45) is 3.62. The van der Waals surface area contributed by atoms with E-state index in [4.69, 9.17) is 4.74 Å². The summed E-state index contributed by atoms with van der Waals surface area (Å²) in [5, 5.41) is 0. The van der Waals surface area contributed by atoms with Gasteiger partial charge >= 0.3 is 0 Å². The Kier molecular flexibility index (Phi) is 3.94. The van der Waals surface area contributed by atoms with Crippen molar-refractivity contribution in [3.05, 3.63) is 29.1 Å². The van der Waals surface area contributed by atoms with Gasteiger partial charge in [0, 0.05) is 30.1 Å². The Bertz CT molecular complexity index is 1040. The lowest BCUT2D eigenvalue weighted by Gasteiger charge is -2.38. The molecular formula is C22H21FN2O5. The van der Waals surface area contributed by atoms with Gasteiger partial charge in [0.1, 0.15) is 5.75 Å². The third-order valence-corrected chi connectivity index (χ3v) is 6.51. The minimum Gasteiger partial charge on any atom is -0.475 e. The second kappa shape index (κ2) is 6.23. The number of halogens is 1. The van der Waals surface area contributed by atoms with E-state index in [1.54, 1.807) is 6.92 Å². The molecule has 2 aliphatic heterocycles. The van der Waals surface area contributed by atoms with Gasteiger partial charge in [-0.05, 0) is 45.6 Å². The van der Waals surface area contributed by atoms with Crippen LogP contribution in [0.15, 0.2) is 23.3 Å². The summed E-state index contributed by atoms with van der Waals surface area (Å²) in [5.74, 6) is -2.26. The highest BCUT2D eigenvalue weighted by atomic mass is 19.1. The van der Waals surface area contributed by atoms with Gasteiger partial charge in [0.05, 0.1) is 17.4 Å². The lowest BCUT2D eigenvalue weighted by atomic mass is 9.93. The second-order valence-corrected chi connectivity index (χ2v) is 8.44. The quantitative estimate of drug-likeness (QED) is 0.713. The van der Waals surface area contributed by atoms with Crippen molar-refractivity contribution in [3.63, 3.8) is 0 Å². The van der Waals surface area contributed by atoms with E-state index in [0.29, 0.717) is 36.8 Å². The first kappa shape index (κ1) is 19.0. The van der Waals surface area contributed by atoms with Crippen LogP contribution in [-0.2, 0) is 19.2 Å². The van der Waals surface area contributed by atoms with Gasteiger partial charge in [-0.15, -0.1) is 0 Å². The molecule has 8 heteroatoms. The van der Waals surface area contributed by atoms with Crippen molar-refractivity contribution in [2.75, 3.05) is 9.80 Å². The van der Waals surface area contributed by atoms with Gasteiger partial charge in [-0.2, -0.15) is 0 Å². The van der Waals surface area contributed by atoms with Gasteiger partial charge in [-0.25, -0.2) is 9.29 Å². The number of rotatable bonds is 3. The summed E-state index contributed by atoms with van der Waals surface area (Å²) >= 11 is 0. The molecule has 0 bridgehead atoms. The number of fused-ring (bicyclic) bond motifs is 1. The lowest BCUT2D eigenvalue weighted by Crippen LogP contribution is -2.53. The van der Waals surface area contributed by atoms with Crippen molar-refractivity contribution < 1.29 is 28.3 Å². The number of carbonyl (C=O) groups is 4. The Labute approximate surface area is 172 Å². The summed E-state index contributed by atoms with van der Waals surface area (Å²) in [5.41, 5.74) is -0.183. The largest absolute Gasteiger partial charge is 0.475 e. The summed E-state index contributed by atoms with van der Waals surface area (Å²) < 4.78 is 20.9. The minimum absolute atomic E-state index is 0.137. The highest BCUT2D eigenvalue weighted by Gasteiger charge is 2.59. The number of amides is 3. The summed E-state index contributed by atoms with van der Waals surface area (Å²) in [7, 11) is 0. The van der Waals surface area contributed by atoms with Crippen LogP contribution in [0.25, 0.3) is 0 Å². The molecule has 0 N–H and O–H groups in total. The van der Waals surface area contributed by atoms with Crippen LogP contribution >= 0.6 is 0 Å². The van der Waals surface area contributed by atoms with E-state index in [0.717, 1.165) is 23.8 Å². The van der Waals surface area contributed by atoms with Crippen LogP contribution in [0.4, 0.5) is 15.8 Å². The topological polar surface area (TPSA) is 84.0 Å². The number of hydrogen-bond acceptors (Lipinski definition) is 5. The molecule has 1 unspecified atom stereocenters. The van der Waals surface area contributed by atoms with E-state index in [-0.39, 0.29) is 28.8 Å². The average molecular weight is 412 g/mol. The number of nitrogens with zero attached hydrogens (tertiary/aromatic N) is 2. The maximum atomic E-state index is 15.1. The van der Waals surface area contributed by atoms with E-state index in [9.17, 15) is 19.2 Å². The molecule has 0 saturated heterocycles. The van der Waals surface area contributed by atoms with E-state index in [1.165, 1.54) is 17.9 Å². The third-order valence-electron chi connectivity index (χ3n) is 6.51. The van der Waals surface area contributed by atoms with E-state index >= 15 is 4.39 Å². The molecule has 1 atom stereocenters. The van der Waals surface area contributed by atoms with Gasteiger partial charge in [0.15, 0.2) is 17.2 Å². The Morgan fingerprint density at radius 2 is 1.67 bits per heavy atom. The smallest absolute Gasteiger partial charge is 0.271 e. The lowest BCUT2D eigenvalue weighted by molar-refractivity contribution is -0.131. The average Bonchev–Trinajstić information content (AvgIpc) is 3.44. The van der Waals surface area contributed by atoms with Gasteiger partial charge in [0.25, 0.3) is 17.7 Å². The van der Waals surface area contributed by atoms with Gasteiger partial charge in [0.2, 0.25) is 0 Å². The fraction of sp³-hybridized carbons (Fsp3) is 0.455. The molecular weight excluding hydrogens is 391 g/mol. The molecule has 1 saturated carbocycles. The van der Waals surface area contributed by atoms with Crippen LogP contribution in [0, 0.1) is 5.82 Å². The molecule has 7 nitrogen and oxygen atoms in total. The SMILES string of the molecule is CC(=O)C(C)N1C(=O)C2(CC2)Oc2cc(F)c(N3C(=O)C4=C(CCCC4)C3=O)cc21. The van der Waals surface area contributed by atoms with Gasteiger partial charge < -0.3 is 4.74 Å². The van der Waals surface area contributed by atoms with Crippen molar-refractivity contribution in [2.24, 2.45) is 0 Å². The molecule has 1 spiro atoms. The molecule has 156 valence electrons. The molecule has 2 aliphatic carbocycles. The normalized spacial score (nSPS) is 22.8. The molecule has 5 rings (SSSR count). The summed E-state index contributed by atoms with van der Waals surface area (Å²) in [6, 6.07) is 1.60. The maximum absolute atomic E-state index is 15.1.